The molecule has 31 heavy (non-hydrogen) atoms. The van der Waals surface area contributed by atoms with Crippen LogP contribution in [0.2, 0.25) is 0 Å². The molecule has 11 nitrogen and oxygen atoms in total. The second kappa shape index (κ2) is 7.39. The van der Waals surface area contributed by atoms with Crippen LogP contribution in [-0.2, 0) is 6.54 Å². The molecule has 1 aliphatic rings. The van der Waals surface area contributed by atoms with Gasteiger partial charge in [0.05, 0.1) is 12.4 Å². The van der Waals surface area contributed by atoms with Crippen molar-refractivity contribution in [3.8, 4) is 11.9 Å². The van der Waals surface area contributed by atoms with Gasteiger partial charge in [0, 0.05) is 18.7 Å². The number of nitrogens with one attached hydrogen (secondary N) is 2. The fourth-order valence-corrected chi connectivity index (χ4v) is 3.14. The first-order chi connectivity index (χ1) is 14.7. The molecule has 0 aromatic carbocycles. The molecule has 1 aliphatic carbocycles. The number of carbonyl (C=O) groups is 1. The minimum absolute atomic E-state index is 0.0268. The lowest BCUT2D eigenvalue weighted by molar-refractivity contribution is 0.0944. The Bertz CT molecular complexity index is 1270. The van der Waals surface area contributed by atoms with Crippen molar-refractivity contribution in [2.75, 3.05) is 5.32 Å². The Morgan fingerprint density at radius 1 is 1.32 bits per heavy atom. The van der Waals surface area contributed by atoms with E-state index in [4.69, 9.17) is 5.26 Å². The Morgan fingerprint density at radius 3 is 2.71 bits per heavy atom. The summed E-state index contributed by atoms with van der Waals surface area (Å²) in [5.74, 6) is -0.494. The van der Waals surface area contributed by atoms with E-state index in [2.05, 4.69) is 25.7 Å². The Hall–Kier alpha value is -3.94. The smallest absolute Gasteiger partial charge is 0.291 e. The van der Waals surface area contributed by atoms with Crippen molar-refractivity contribution < 1.29 is 9.90 Å². The maximum atomic E-state index is 13.0. The van der Waals surface area contributed by atoms with E-state index in [0.717, 1.165) is 17.4 Å². The van der Waals surface area contributed by atoms with Gasteiger partial charge in [-0.2, -0.15) is 9.78 Å². The molecule has 1 amide bonds. The maximum Gasteiger partial charge on any atom is 0.291 e. The summed E-state index contributed by atoms with van der Waals surface area (Å²) in [5, 5.41) is 29.8. The summed E-state index contributed by atoms with van der Waals surface area (Å²) >= 11 is 0. The minimum atomic E-state index is -0.722. The number of aromatic nitrogens is 5. The number of nitrogens with zero attached hydrogens (tertiary/aromatic N) is 6. The molecular formula is C20H22N8O3. The molecule has 1 saturated carbocycles. The average molecular weight is 422 g/mol. The highest BCUT2D eigenvalue weighted by molar-refractivity contribution is 5.96. The largest absolute Gasteiger partial charge is 0.494 e. The highest BCUT2D eigenvalue weighted by atomic mass is 16.3. The van der Waals surface area contributed by atoms with E-state index in [-0.39, 0.29) is 34.3 Å². The summed E-state index contributed by atoms with van der Waals surface area (Å²) in [4.78, 5) is 33.7. The third-order valence-electron chi connectivity index (χ3n) is 4.63. The molecule has 0 radical (unpaired) electrons. The summed E-state index contributed by atoms with van der Waals surface area (Å²) in [7, 11) is 0. The van der Waals surface area contributed by atoms with Crippen LogP contribution >= 0.6 is 0 Å². The molecule has 0 spiro atoms. The Morgan fingerprint density at radius 2 is 2.06 bits per heavy atom. The second-order valence-corrected chi connectivity index (χ2v) is 8.72. The lowest BCUT2D eigenvalue weighted by Crippen LogP contribution is -2.35. The van der Waals surface area contributed by atoms with E-state index < -0.39 is 17.3 Å². The summed E-state index contributed by atoms with van der Waals surface area (Å²) < 4.78 is 2.58. The van der Waals surface area contributed by atoms with Gasteiger partial charge in [-0.3, -0.25) is 19.1 Å². The number of nitriles is 1. The van der Waals surface area contributed by atoms with Gasteiger partial charge in [-0.15, -0.1) is 5.10 Å². The lowest BCUT2D eigenvalue weighted by atomic mass is 9.96. The maximum absolute atomic E-state index is 13.0. The van der Waals surface area contributed by atoms with Gasteiger partial charge in [0.1, 0.15) is 11.7 Å². The quantitative estimate of drug-likeness (QED) is 0.560. The van der Waals surface area contributed by atoms with Gasteiger partial charge in [-0.05, 0) is 18.3 Å². The number of rotatable bonds is 5. The molecule has 4 rings (SSSR count). The third-order valence-corrected chi connectivity index (χ3v) is 4.63. The molecule has 0 aliphatic heterocycles. The van der Waals surface area contributed by atoms with Crippen molar-refractivity contribution in [2.24, 2.45) is 5.41 Å². The molecule has 0 bridgehead atoms. The molecule has 3 aromatic rings. The van der Waals surface area contributed by atoms with Crippen LogP contribution in [0.25, 0.3) is 5.65 Å². The number of amides is 1. The standard InChI is InChI=1S/C20H22N8O3/c1-20(2,3)10-27-15-6-13(25-14-9-22-8-12(7-21)23-14)26-28(15)19(31)16(18(27)30)17(29)24-11-4-5-11/h6,8-9,11,30H,4-5,10H2,1-3H3,(H,24,29)(H,23,25,26). The van der Waals surface area contributed by atoms with Gasteiger partial charge in [0.15, 0.2) is 22.9 Å². The fourth-order valence-electron chi connectivity index (χ4n) is 3.14. The number of hydrogen-bond donors (Lipinski definition) is 3. The van der Waals surface area contributed by atoms with Gasteiger partial charge in [-0.1, -0.05) is 20.8 Å². The van der Waals surface area contributed by atoms with Crippen LogP contribution in [0.5, 0.6) is 5.88 Å². The van der Waals surface area contributed by atoms with Crippen LogP contribution in [0.15, 0.2) is 23.3 Å². The zero-order chi connectivity index (χ0) is 22.3. The molecule has 11 heteroatoms. The summed E-state index contributed by atoms with van der Waals surface area (Å²) in [6.07, 6.45) is 4.44. The van der Waals surface area contributed by atoms with E-state index in [1.54, 1.807) is 6.07 Å². The topological polar surface area (TPSA) is 150 Å². The Balaban J connectivity index is 1.84. The van der Waals surface area contributed by atoms with Crippen LogP contribution in [0.4, 0.5) is 11.6 Å². The fraction of sp³-hybridized carbons (Fsp3) is 0.400. The highest BCUT2D eigenvalue weighted by Crippen LogP contribution is 2.27. The number of hydrogen-bond acceptors (Lipinski definition) is 8. The van der Waals surface area contributed by atoms with Crippen molar-refractivity contribution in [3.05, 3.63) is 40.1 Å². The minimum Gasteiger partial charge on any atom is -0.494 e. The Labute approximate surface area is 177 Å². The van der Waals surface area contributed by atoms with Crippen LogP contribution in [0.3, 0.4) is 0 Å². The number of aromatic hydroxyl groups is 1. The van der Waals surface area contributed by atoms with Crippen LogP contribution < -0.4 is 16.2 Å². The third kappa shape index (κ3) is 4.18. The molecular weight excluding hydrogens is 400 g/mol. The van der Waals surface area contributed by atoms with Crippen molar-refractivity contribution in [1.29, 1.82) is 5.26 Å². The number of carbonyl (C=O) groups excluding carboxylic acids is 1. The molecule has 1 fully saturated rings. The van der Waals surface area contributed by atoms with Crippen LogP contribution in [0.1, 0.15) is 49.7 Å². The predicted molar refractivity (Wildman–Crippen MR) is 111 cm³/mol. The molecule has 0 saturated heterocycles. The average Bonchev–Trinajstić information content (AvgIpc) is 3.41. The summed E-state index contributed by atoms with van der Waals surface area (Å²) in [6, 6.07) is 3.49. The predicted octanol–water partition coefficient (Wildman–Crippen LogP) is 1.55. The highest BCUT2D eigenvalue weighted by Gasteiger charge is 2.30. The van der Waals surface area contributed by atoms with E-state index in [9.17, 15) is 14.7 Å². The van der Waals surface area contributed by atoms with Crippen molar-refractivity contribution in [2.45, 2.75) is 46.2 Å². The van der Waals surface area contributed by atoms with Gasteiger partial charge in [0.25, 0.3) is 11.5 Å². The van der Waals surface area contributed by atoms with Crippen molar-refractivity contribution >= 4 is 23.2 Å². The van der Waals surface area contributed by atoms with Gasteiger partial charge in [-0.25, -0.2) is 4.98 Å². The van der Waals surface area contributed by atoms with E-state index in [1.807, 2.05) is 26.8 Å². The molecule has 3 N–H and O–H groups in total. The lowest BCUT2D eigenvalue weighted by Gasteiger charge is -2.23. The van der Waals surface area contributed by atoms with Crippen molar-refractivity contribution in [1.82, 2.24) is 29.5 Å². The van der Waals surface area contributed by atoms with Gasteiger partial charge < -0.3 is 15.7 Å². The zero-order valence-corrected chi connectivity index (χ0v) is 17.4. The Kier molecular flexibility index (Phi) is 4.85. The molecule has 3 heterocycles. The van der Waals surface area contributed by atoms with Crippen molar-refractivity contribution in [3.63, 3.8) is 0 Å². The van der Waals surface area contributed by atoms with E-state index in [1.165, 1.54) is 17.0 Å². The molecule has 3 aromatic heterocycles. The van der Waals surface area contributed by atoms with Gasteiger partial charge in [0.2, 0.25) is 5.88 Å². The van der Waals surface area contributed by atoms with Gasteiger partial charge >= 0.3 is 0 Å². The van der Waals surface area contributed by atoms with E-state index in [0.29, 0.717) is 12.2 Å². The van der Waals surface area contributed by atoms with Crippen LogP contribution in [0, 0.1) is 16.7 Å². The first-order valence-electron chi connectivity index (χ1n) is 9.82. The SMILES string of the molecule is CC(C)(C)Cn1c(O)c(C(=O)NC2CC2)c(=O)n2nc(Nc3cncc(C#N)n3)cc12. The molecule has 160 valence electrons. The van der Waals surface area contributed by atoms with Crippen LogP contribution in [-0.4, -0.2) is 41.2 Å². The first-order valence-corrected chi connectivity index (χ1v) is 9.82. The normalized spacial score (nSPS) is 13.7. The monoisotopic (exact) mass is 422 g/mol. The molecule has 0 unspecified atom stereocenters. The first kappa shape index (κ1) is 20.3. The second-order valence-electron chi connectivity index (χ2n) is 8.72. The molecule has 0 atom stereocenters. The number of anilines is 2. The van der Waals surface area contributed by atoms with E-state index >= 15 is 0 Å². The summed E-state index contributed by atoms with van der Waals surface area (Å²) in [5.41, 5.74) is -0.891. The zero-order valence-electron chi connectivity index (χ0n) is 17.4. The summed E-state index contributed by atoms with van der Waals surface area (Å²) in [6.45, 7) is 6.26. The number of fused-ring (bicyclic) bond motifs is 1.